The van der Waals surface area contributed by atoms with Gasteiger partial charge in [-0.3, -0.25) is 4.90 Å². The summed E-state index contributed by atoms with van der Waals surface area (Å²) in [6.45, 7) is 5.29. The summed E-state index contributed by atoms with van der Waals surface area (Å²) in [5, 5.41) is 3.31. The van der Waals surface area contributed by atoms with Gasteiger partial charge in [-0.05, 0) is 0 Å². The molecular formula is C8H13N3O. The monoisotopic (exact) mass is 167 g/mol. The van der Waals surface area contributed by atoms with Gasteiger partial charge >= 0.3 is 0 Å². The molecule has 66 valence electrons. The minimum Gasteiger partial charge on any atom is -0.451 e. The molecule has 2 heterocycles. The van der Waals surface area contributed by atoms with Crippen LogP contribution in [0.15, 0.2) is 17.1 Å². The van der Waals surface area contributed by atoms with E-state index in [0.29, 0.717) is 0 Å². The Morgan fingerprint density at radius 3 is 3.00 bits per heavy atom. The van der Waals surface area contributed by atoms with E-state index in [2.05, 4.69) is 15.2 Å². The number of nitrogens with zero attached hydrogens (tertiary/aromatic N) is 2. The number of hydrogen-bond donors (Lipinski definition) is 1. The minimum atomic E-state index is 0.915. The highest BCUT2D eigenvalue weighted by Gasteiger charge is 2.10. The zero-order chi connectivity index (χ0) is 8.23. The molecular weight excluding hydrogens is 154 g/mol. The third kappa shape index (κ3) is 1.84. The molecule has 1 N–H and O–H groups in total. The molecule has 0 bridgehead atoms. The van der Waals surface area contributed by atoms with E-state index < -0.39 is 0 Å². The zero-order valence-electron chi connectivity index (χ0n) is 6.99. The second-order valence-corrected chi connectivity index (χ2v) is 3.01. The number of nitrogens with one attached hydrogen (secondary N) is 1. The van der Waals surface area contributed by atoms with Gasteiger partial charge in [0.05, 0.1) is 5.69 Å². The predicted molar refractivity (Wildman–Crippen MR) is 44.6 cm³/mol. The van der Waals surface area contributed by atoms with Crippen LogP contribution >= 0.6 is 0 Å². The van der Waals surface area contributed by atoms with Crippen molar-refractivity contribution in [2.45, 2.75) is 6.54 Å². The average Bonchev–Trinajstić information content (AvgIpc) is 2.59. The summed E-state index contributed by atoms with van der Waals surface area (Å²) in [4.78, 5) is 6.45. The van der Waals surface area contributed by atoms with Crippen molar-refractivity contribution in [3.8, 4) is 0 Å². The van der Waals surface area contributed by atoms with Crippen molar-refractivity contribution in [1.82, 2.24) is 15.2 Å². The lowest BCUT2D eigenvalue weighted by Crippen LogP contribution is -2.42. The third-order valence-corrected chi connectivity index (χ3v) is 2.08. The van der Waals surface area contributed by atoms with Gasteiger partial charge < -0.3 is 9.73 Å². The van der Waals surface area contributed by atoms with E-state index in [1.165, 1.54) is 6.39 Å². The van der Waals surface area contributed by atoms with Crippen LogP contribution < -0.4 is 5.32 Å². The van der Waals surface area contributed by atoms with Gasteiger partial charge in [-0.25, -0.2) is 4.98 Å². The molecule has 0 spiro atoms. The molecule has 0 unspecified atom stereocenters. The first-order valence-electron chi connectivity index (χ1n) is 4.25. The predicted octanol–water partition coefficient (Wildman–Crippen LogP) is 0.0798. The molecule has 1 fully saturated rings. The molecule has 1 saturated heterocycles. The highest BCUT2D eigenvalue weighted by Crippen LogP contribution is 2.01. The maximum Gasteiger partial charge on any atom is 0.180 e. The van der Waals surface area contributed by atoms with E-state index in [-0.39, 0.29) is 0 Å². The van der Waals surface area contributed by atoms with Gasteiger partial charge in [0, 0.05) is 32.7 Å². The first-order valence-corrected chi connectivity index (χ1v) is 4.25. The standard InChI is InChI=1S/C8H13N3O/c1-3-11(4-2-9-1)5-8-6-12-7-10-8/h6-7,9H,1-5H2. The molecule has 1 aromatic rings. The fourth-order valence-electron chi connectivity index (χ4n) is 1.41. The largest absolute Gasteiger partial charge is 0.451 e. The maximum atomic E-state index is 4.90. The summed E-state index contributed by atoms with van der Waals surface area (Å²) in [6, 6.07) is 0. The highest BCUT2D eigenvalue weighted by molar-refractivity contribution is 4.91. The lowest BCUT2D eigenvalue weighted by atomic mass is 10.3. The van der Waals surface area contributed by atoms with Gasteiger partial charge in [0.15, 0.2) is 6.39 Å². The molecule has 0 amide bonds. The van der Waals surface area contributed by atoms with E-state index in [1.54, 1.807) is 6.26 Å². The van der Waals surface area contributed by atoms with E-state index in [1.807, 2.05) is 0 Å². The highest BCUT2D eigenvalue weighted by atomic mass is 16.3. The SMILES string of the molecule is c1nc(CN2CCNCC2)co1. The summed E-state index contributed by atoms with van der Waals surface area (Å²) in [6.07, 6.45) is 3.19. The molecule has 4 heteroatoms. The van der Waals surface area contributed by atoms with Crippen molar-refractivity contribution in [3.63, 3.8) is 0 Å². The van der Waals surface area contributed by atoms with Gasteiger partial charge in [0.1, 0.15) is 6.26 Å². The van der Waals surface area contributed by atoms with Gasteiger partial charge in [-0.1, -0.05) is 0 Å². The third-order valence-electron chi connectivity index (χ3n) is 2.08. The molecule has 0 aromatic carbocycles. The Bertz CT molecular complexity index is 216. The van der Waals surface area contributed by atoms with Gasteiger partial charge in [0.2, 0.25) is 0 Å². The van der Waals surface area contributed by atoms with Crippen molar-refractivity contribution in [2.75, 3.05) is 26.2 Å². The molecule has 2 rings (SSSR count). The summed E-state index contributed by atoms with van der Waals surface area (Å²) >= 11 is 0. The van der Waals surface area contributed by atoms with E-state index in [0.717, 1.165) is 38.4 Å². The van der Waals surface area contributed by atoms with Crippen molar-refractivity contribution in [1.29, 1.82) is 0 Å². The van der Waals surface area contributed by atoms with Gasteiger partial charge in [0.25, 0.3) is 0 Å². The molecule has 0 atom stereocenters. The minimum absolute atomic E-state index is 0.915. The van der Waals surface area contributed by atoms with Crippen LogP contribution in [0.3, 0.4) is 0 Å². The van der Waals surface area contributed by atoms with E-state index >= 15 is 0 Å². The zero-order valence-corrected chi connectivity index (χ0v) is 6.99. The smallest absolute Gasteiger partial charge is 0.180 e. The first-order chi connectivity index (χ1) is 5.95. The lowest BCUT2D eigenvalue weighted by Gasteiger charge is -2.25. The number of hydrogen-bond acceptors (Lipinski definition) is 4. The Labute approximate surface area is 71.6 Å². The summed E-state index contributed by atoms with van der Waals surface area (Å²) in [7, 11) is 0. The quantitative estimate of drug-likeness (QED) is 0.677. The number of aromatic nitrogens is 1. The normalized spacial score (nSPS) is 19.7. The number of piperazine rings is 1. The van der Waals surface area contributed by atoms with Crippen molar-refractivity contribution >= 4 is 0 Å². The van der Waals surface area contributed by atoms with E-state index in [4.69, 9.17) is 4.42 Å². The Morgan fingerprint density at radius 1 is 1.50 bits per heavy atom. The van der Waals surface area contributed by atoms with Crippen molar-refractivity contribution in [3.05, 3.63) is 18.4 Å². The molecule has 4 nitrogen and oxygen atoms in total. The molecule has 12 heavy (non-hydrogen) atoms. The molecule has 1 aliphatic heterocycles. The van der Waals surface area contributed by atoms with Crippen LogP contribution in [0.25, 0.3) is 0 Å². The van der Waals surface area contributed by atoms with Crippen LogP contribution in [0.4, 0.5) is 0 Å². The topological polar surface area (TPSA) is 41.3 Å². The van der Waals surface area contributed by atoms with E-state index in [9.17, 15) is 0 Å². The molecule has 0 saturated carbocycles. The summed E-state index contributed by atoms with van der Waals surface area (Å²) < 4.78 is 4.90. The van der Waals surface area contributed by atoms with Crippen molar-refractivity contribution < 1.29 is 4.42 Å². The Hall–Kier alpha value is -0.870. The average molecular weight is 167 g/mol. The number of oxazole rings is 1. The fourth-order valence-corrected chi connectivity index (χ4v) is 1.41. The van der Waals surface area contributed by atoms with Crippen LogP contribution in [-0.2, 0) is 6.54 Å². The summed E-state index contributed by atoms with van der Waals surface area (Å²) in [5.41, 5.74) is 1.02. The van der Waals surface area contributed by atoms with Crippen LogP contribution in [0.5, 0.6) is 0 Å². The lowest BCUT2D eigenvalue weighted by molar-refractivity contribution is 0.230. The number of rotatable bonds is 2. The van der Waals surface area contributed by atoms with Gasteiger partial charge in [-0.15, -0.1) is 0 Å². The fraction of sp³-hybridized carbons (Fsp3) is 0.625. The van der Waals surface area contributed by atoms with Crippen molar-refractivity contribution in [2.24, 2.45) is 0 Å². The summed E-state index contributed by atoms with van der Waals surface area (Å²) in [5.74, 6) is 0. The van der Waals surface area contributed by atoms with Crippen LogP contribution in [0, 0.1) is 0 Å². The second-order valence-electron chi connectivity index (χ2n) is 3.01. The van der Waals surface area contributed by atoms with Crippen LogP contribution in [0.1, 0.15) is 5.69 Å². The molecule has 1 aliphatic rings. The molecule has 1 aromatic heterocycles. The first kappa shape index (κ1) is 7.76. The Morgan fingerprint density at radius 2 is 2.33 bits per heavy atom. The van der Waals surface area contributed by atoms with Crippen LogP contribution in [-0.4, -0.2) is 36.1 Å². The molecule has 0 aliphatic carbocycles. The maximum absolute atomic E-state index is 4.90. The van der Waals surface area contributed by atoms with Gasteiger partial charge in [-0.2, -0.15) is 0 Å². The van der Waals surface area contributed by atoms with Crippen LogP contribution in [0.2, 0.25) is 0 Å². The second kappa shape index (κ2) is 3.69. The Balaban J connectivity index is 1.86. The molecule has 0 radical (unpaired) electrons. The Kier molecular flexibility index (Phi) is 2.39.